The number of carbonyl (C=O) groups excluding carboxylic acids is 2. The molecule has 2 atom stereocenters. The zero-order valence-corrected chi connectivity index (χ0v) is 34.6. The molecule has 0 radical (unpaired) electrons. The topological polar surface area (TPSA) is 76.1 Å². The summed E-state index contributed by atoms with van der Waals surface area (Å²) in [5.74, 6) is 0.0887. The normalized spacial score (nSPS) is 15.9. The minimum atomic E-state index is 0.0173. The van der Waals surface area contributed by atoms with Crippen molar-refractivity contribution in [1.82, 2.24) is 4.90 Å². The van der Waals surface area contributed by atoms with Crippen molar-refractivity contribution in [1.29, 1.82) is 0 Å². The Morgan fingerprint density at radius 1 is 0.529 bits per heavy atom. The van der Waals surface area contributed by atoms with Crippen molar-refractivity contribution in [3.8, 4) is 0 Å². The number of ether oxygens (including phenoxy) is 2. The van der Waals surface area contributed by atoms with Gasteiger partial charge in [-0.05, 0) is 89.3 Å². The van der Waals surface area contributed by atoms with Crippen molar-refractivity contribution < 1.29 is 24.2 Å². The van der Waals surface area contributed by atoms with Crippen LogP contribution in [0.1, 0.15) is 220 Å². The van der Waals surface area contributed by atoms with Gasteiger partial charge in [0, 0.05) is 6.61 Å². The molecule has 1 N–H and O–H groups in total. The number of piperidine rings is 1. The van der Waals surface area contributed by atoms with E-state index >= 15 is 0 Å². The average Bonchev–Trinajstić information content (AvgIpc) is 3.13. The van der Waals surface area contributed by atoms with Gasteiger partial charge in [-0.3, -0.25) is 9.59 Å². The molecule has 1 aliphatic heterocycles. The molecule has 302 valence electrons. The van der Waals surface area contributed by atoms with E-state index in [0.29, 0.717) is 13.2 Å². The molecule has 0 spiro atoms. The van der Waals surface area contributed by atoms with E-state index in [1.807, 2.05) is 0 Å². The summed E-state index contributed by atoms with van der Waals surface area (Å²) in [6, 6.07) is 0. The van der Waals surface area contributed by atoms with E-state index < -0.39 is 0 Å². The van der Waals surface area contributed by atoms with E-state index in [1.54, 1.807) is 0 Å². The van der Waals surface area contributed by atoms with Crippen molar-refractivity contribution >= 4 is 11.9 Å². The van der Waals surface area contributed by atoms with Crippen LogP contribution in [0.4, 0.5) is 0 Å². The second-order valence-corrected chi connectivity index (χ2v) is 16.3. The molecule has 6 heteroatoms. The first-order valence-corrected chi connectivity index (χ1v) is 22.6. The molecule has 0 aliphatic carbocycles. The van der Waals surface area contributed by atoms with Crippen molar-refractivity contribution in [2.75, 3.05) is 39.5 Å². The molecule has 6 nitrogen and oxygen atoms in total. The van der Waals surface area contributed by atoms with Crippen LogP contribution in [-0.4, -0.2) is 61.4 Å². The fraction of sp³-hybridized carbons (Fsp3) is 0.956. The standard InChI is InChI=1S/C45H87NO5/c1-5-9-13-17-19-23-29-41(27-21-15-11-7-3)43(48)50-39-33-45(31-36-46(37-32-45)35-25-26-38-47)34-40-51-44(49)42(28-22-16-12-8-4)30-24-20-18-14-10-6-2/h41-42,47H,5-40H2,1-4H3. The minimum Gasteiger partial charge on any atom is -0.465 e. The Hall–Kier alpha value is -1.14. The van der Waals surface area contributed by atoms with Gasteiger partial charge in [-0.1, -0.05) is 156 Å². The summed E-state index contributed by atoms with van der Waals surface area (Å²) in [6.45, 7) is 13.2. The number of rotatable bonds is 36. The summed E-state index contributed by atoms with van der Waals surface area (Å²) in [6.07, 6.45) is 34.0. The quantitative estimate of drug-likeness (QED) is 0.0513. The number of hydrogen-bond acceptors (Lipinski definition) is 6. The van der Waals surface area contributed by atoms with Crippen LogP contribution in [0.15, 0.2) is 0 Å². The average molecular weight is 722 g/mol. The first-order valence-electron chi connectivity index (χ1n) is 22.6. The van der Waals surface area contributed by atoms with Gasteiger partial charge in [0.2, 0.25) is 0 Å². The Balaban J connectivity index is 2.79. The number of carbonyl (C=O) groups is 2. The van der Waals surface area contributed by atoms with Crippen LogP contribution < -0.4 is 0 Å². The zero-order chi connectivity index (χ0) is 37.3. The number of likely N-dealkylation sites (tertiary alicyclic amines) is 1. The molecule has 51 heavy (non-hydrogen) atoms. The SMILES string of the molecule is CCCCCCCCC(CCCCCC)C(=O)OCCC1(CCOC(=O)C(CCCCCC)CCCCCCCC)CCN(CCCCO)CC1. The molecule has 1 aliphatic rings. The molecule has 1 saturated heterocycles. The Bertz CT molecular complexity index is 743. The van der Waals surface area contributed by atoms with Gasteiger partial charge < -0.3 is 19.5 Å². The van der Waals surface area contributed by atoms with Crippen molar-refractivity contribution in [3.05, 3.63) is 0 Å². The third kappa shape index (κ3) is 24.7. The maximum absolute atomic E-state index is 13.5. The van der Waals surface area contributed by atoms with Gasteiger partial charge in [-0.15, -0.1) is 0 Å². The number of aliphatic hydroxyl groups is 1. The van der Waals surface area contributed by atoms with E-state index in [-0.39, 0.29) is 35.8 Å². The second kappa shape index (κ2) is 33.4. The number of hydrogen-bond donors (Lipinski definition) is 1. The molecule has 2 unspecified atom stereocenters. The van der Waals surface area contributed by atoms with Crippen molar-refractivity contribution in [2.24, 2.45) is 17.3 Å². The van der Waals surface area contributed by atoms with E-state index in [2.05, 4.69) is 32.6 Å². The lowest BCUT2D eigenvalue weighted by Gasteiger charge is -2.42. The predicted octanol–water partition coefficient (Wildman–Crippen LogP) is 12.4. The van der Waals surface area contributed by atoms with Gasteiger partial charge in [0.25, 0.3) is 0 Å². The van der Waals surface area contributed by atoms with Crippen LogP contribution >= 0.6 is 0 Å². The summed E-state index contributed by atoms with van der Waals surface area (Å²) in [7, 11) is 0. The number of unbranched alkanes of at least 4 members (excludes halogenated alkanes) is 17. The van der Waals surface area contributed by atoms with Gasteiger partial charge in [0.05, 0.1) is 25.0 Å². The lowest BCUT2D eigenvalue weighted by atomic mass is 9.73. The third-order valence-electron chi connectivity index (χ3n) is 11.8. The van der Waals surface area contributed by atoms with E-state index in [0.717, 1.165) is 110 Å². The molecule has 0 aromatic rings. The van der Waals surface area contributed by atoms with Crippen molar-refractivity contribution in [3.63, 3.8) is 0 Å². The third-order valence-corrected chi connectivity index (χ3v) is 11.8. The Labute approximate surface area is 317 Å². The second-order valence-electron chi connectivity index (χ2n) is 16.3. The van der Waals surface area contributed by atoms with Crippen LogP contribution in [0.2, 0.25) is 0 Å². The Kier molecular flexibility index (Phi) is 31.4. The number of esters is 2. The maximum Gasteiger partial charge on any atom is 0.308 e. The summed E-state index contributed by atoms with van der Waals surface area (Å²) >= 11 is 0. The lowest BCUT2D eigenvalue weighted by molar-refractivity contribution is -0.151. The highest BCUT2D eigenvalue weighted by Crippen LogP contribution is 2.39. The van der Waals surface area contributed by atoms with Crippen molar-refractivity contribution in [2.45, 2.75) is 220 Å². The number of aliphatic hydroxyl groups excluding tert-OH is 1. The molecule has 0 saturated carbocycles. The summed E-state index contributed by atoms with van der Waals surface area (Å²) < 4.78 is 12.2. The molecule has 1 fully saturated rings. The molecule has 0 aromatic heterocycles. The largest absolute Gasteiger partial charge is 0.465 e. The van der Waals surface area contributed by atoms with Gasteiger partial charge >= 0.3 is 11.9 Å². The molecular weight excluding hydrogens is 634 g/mol. The molecule has 0 aromatic carbocycles. The van der Waals surface area contributed by atoms with Crippen LogP contribution in [0, 0.1) is 17.3 Å². The fourth-order valence-corrected chi connectivity index (χ4v) is 8.03. The highest BCUT2D eigenvalue weighted by Gasteiger charge is 2.35. The smallest absolute Gasteiger partial charge is 0.308 e. The summed E-state index contributed by atoms with van der Waals surface area (Å²) in [4.78, 5) is 29.4. The van der Waals surface area contributed by atoms with E-state index in [9.17, 15) is 14.7 Å². The summed E-state index contributed by atoms with van der Waals surface area (Å²) in [5.41, 5.74) is 0.0276. The molecule has 1 rings (SSSR count). The Morgan fingerprint density at radius 3 is 1.25 bits per heavy atom. The summed E-state index contributed by atoms with van der Waals surface area (Å²) in [5, 5.41) is 9.27. The molecule has 1 heterocycles. The molecule has 0 amide bonds. The fourth-order valence-electron chi connectivity index (χ4n) is 8.03. The molecular formula is C45H87NO5. The maximum atomic E-state index is 13.5. The van der Waals surface area contributed by atoms with Crippen LogP contribution in [0.25, 0.3) is 0 Å². The first kappa shape index (κ1) is 47.9. The lowest BCUT2D eigenvalue weighted by Crippen LogP contribution is -2.42. The minimum absolute atomic E-state index is 0.0173. The van der Waals surface area contributed by atoms with E-state index in [1.165, 1.54) is 103 Å². The Morgan fingerprint density at radius 2 is 0.882 bits per heavy atom. The highest BCUT2D eigenvalue weighted by molar-refractivity contribution is 5.72. The molecule has 0 bridgehead atoms. The van der Waals surface area contributed by atoms with Crippen LogP contribution in [0.3, 0.4) is 0 Å². The first-order chi connectivity index (χ1) is 24.9. The van der Waals surface area contributed by atoms with Gasteiger partial charge in [-0.2, -0.15) is 0 Å². The van der Waals surface area contributed by atoms with Gasteiger partial charge in [0.15, 0.2) is 0 Å². The monoisotopic (exact) mass is 722 g/mol. The number of nitrogens with zero attached hydrogens (tertiary/aromatic N) is 1. The van der Waals surface area contributed by atoms with Gasteiger partial charge in [0.1, 0.15) is 0 Å². The zero-order valence-electron chi connectivity index (χ0n) is 34.6. The van der Waals surface area contributed by atoms with Crippen LogP contribution in [0.5, 0.6) is 0 Å². The highest BCUT2D eigenvalue weighted by atomic mass is 16.5. The predicted molar refractivity (Wildman–Crippen MR) is 216 cm³/mol. The van der Waals surface area contributed by atoms with E-state index in [4.69, 9.17) is 9.47 Å². The van der Waals surface area contributed by atoms with Crippen LogP contribution in [-0.2, 0) is 19.1 Å². The van der Waals surface area contributed by atoms with Gasteiger partial charge in [-0.25, -0.2) is 0 Å².